The number of aromatic nitrogens is 3. The van der Waals surface area contributed by atoms with Gasteiger partial charge in [0.2, 0.25) is 5.16 Å². The van der Waals surface area contributed by atoms with Crippen LogP contribution in [0.25, 0.3) is 0 Å². The first-order chi connectivity index (χ1) is 7.24. The normalized spacial score (nSPS) is 19.6. The number of nitrogens with zero attached hydrogens (tertiary/aromatic N) is 2. The van der Waals surface area contributed by atoms with Crippen LogP contribution in [-0.4, -0.2) is 26.7 Å². The monoisotopic (exact) mass is 243 g/mol. The van der Waals surface area contributed by atoms with Gasteiger partial charge in [-0.1, -0.05) is 24.6 Å². The minimum absolute atomic E-state index is 0.433. The molecule has 1 aromatic heterocycles. The number of H-pyrrole nitrogens is 1. The van der Waals surface area contributed by atoms with Crippen molar-refractivity contribution in [3.63, 3.8) is 0 Å². The molecule has 0 spiro atoms. The summed E-state index contributed by atoms with van der Waals surface area (Å²) >= 11 is 6.25. The molecule has 84 valence electrons. The lowest BCUT2D eigenvalue weighted by Gasteiger charge is -2.25. The zero-order chi connectivity index (χ0) is 10.7. The molecule has 1 saturated carbocycles. The van der Waals surface area contributed by atoms with Crippen molar-refractivity contribution in [1.82, 2.24) is 15.2 Å². The summed E-state index contributed by atoms with van der Waals surface area (Å²) < 4.78 is 0. The highest BCUT2D eigenvalue weighted by molar-refractivity contribution is 7.99. The van der Waals surface area contributed by atoms with Crippen molar-refractivity contribution in [3.05, 3.63) is 5.82 Å². The Morgan fingerprint density at radius 1 is 1.47 bits per heavy atom. The van der Waals surface area contributed by atoms with Crippen LogP contribution in [0.3, 0.4) is 0 Å². The van der Waals surface area contributed by atoms with Crippen LogP contribution in [0, 0.1) is 12.3 Å². The van der Waals surface area contributed by atoms with Gasteiger partial charge in [-0.05, 0) is 30.9 Å². The summed E-state index contributed by atoms with van der Waals surface area (Å²) in [5, 5.41) is 7.89. The number of thioether (sulfide) groups is 1. The van der Waals surface area contributed by atoms with Gasteiger partial charge in [-0.25, -0.2) is 4.98 Å². The number of aromatic amines is 1. The van der Waals surface area contributed by atoms with Gasteiger partial charge in [-0.2, -0.15) is 12.6 Å². The van der Waals surface area contributed by atoms with E-state index >= 15 is 0 Å². The van der Waals surface area contributed by atoms with Gasteiger partial charge in [0, 0.05) is 5.75 Å². The predicted molar refractivity (Wildman–Crippen MR) is 66.6 cm³/mol. The number of hydrogen-bond acceptors (Lipinski definition) is 4. The fourth-order valence-electron chi connectivity index (χ4n) is 2.08. The van der Waals surface area contributed by atoms with E-state index in [0.717, 1.165) is 22.5 Å². The summed E-state index contributed by atoms with van der Waals surface area (Å²) in [5.41, 5.74) is 0.433. The molecule has 0 aliphatic heterocycles. The van der Waals surface area contributed by atoms with E-state index in [9.17, 15) is 0 Å². The van der Waals surface area contributed by atoms with E-state index < -0.39 is 0 Å². The lowest BCUT2D eigenvalue weighted by Crippen LogP contribution is -2.21. The highest BCUT2D eigenvalue weighted by Crippen LogP contribution is 2.42. The fraction of sp³-hybridized carbons (Fsp3) is 0.800. The maximum atomic E-state index is 4.49. The third kappa shape index (κ3) is 2.69. The maximum absolute atomic E-state index is 4.49. The van der Waals surface area contributed by atoms with Crippen LogP contribution in [0.2, 0.25) is 0 Å². The molecule has 0 amide bonds. The SMILES string of the molecule is Cc1nc(SCC2(CS)CCCC2)n[nH]1. The van der Waals surface area contributed by atoms with Gasteiger partial charge in [0.05, 0.1) is 0 Å². The number of thiol groups is 1. The lowest BCUT2D eigenvalue weighted by molar-refractivity contribution is 0.403. The van der Waals surface area contributed by atoms with Crippen molar-refractivity contribution in [1.29, 1.82) is 0 Å². The largest absolute Gasteiger partial charge is 0.262 e. The Morgan fingerprint density at radius 3 is 2.73 bits per heavy atom. The molecule has 0 bridgehead atoms. The van der Waals surface area contributed by atoms with E-state index in [0.29, 0.717) is 5.41 Å². The van der Waals surface area contributed by atoms with E-state index in [1.165, 1.54) is 25.7 Å². The second-order valence-electron chi connectivity index (χ2n) is 4.36. The van der Waals surface area contributed by atoms with E-state index in [4.69, 9.17) is 0 Å². The van der Waals surface area contributed by atoms with Crippen LogP contribution in [0.1, 0.15) is 31.5 Å². The van der Waals surface area contributed by atoms with Crippen LogP contribution in [0.15, 0.2) is 5.16 Å². The third-order valence-electron chi connectivity index (χ3n) is 3.08. The zero-order valence-electron chi connectivity index (χ0n) is 8.99. The Labute approximate surface area is 100 Å². The minimum Gasteiger partial charge on any atom is -0.262 e. The van der Waals surface area contributed by atoms with Crippen LogP contribution >= 0.6 is 24.4 Å². The van der Waals surface area contributed by atoms with Crippen LogP contribution in [0.5, 0.6) is 0 Å². The first-order valence-electron chi connectivity index (χ1n) is 5.37. The second-order valence-corrected chi connectivity index (χ2v) is 5.62. The summed E-state index contributed by atoms with van der Waals surface area (Å²) in [7, 11) is 0. The molecule has 0 unspecified atom stereocenters. The van der Waals surface area contributed by atoms with Gasteiger partial charge >= 0.3 is 0 Å². The van der Waals surface area contributed by atoms with E-state index in [-0.39, 0.29) is 0 Å². The summed E-state index contributed by atoms with van der Waals surface area (Å²) in [6.45, 7) is 1.93. The Morgan fingerprint density at radius 2 is 2.20 bits per heavy atom. The molecule has 1 aliphatic rings. The summed E-state index contributed by atoms with van der Waals surface area (Å²) in [6.07, 6.45) is 5.34. The topological polar surface area (TPSA) is 41.6 Å². The average Bonchev–Trinajstić information content (AvgIpc) is 2.85. The summed E-state index contributed by atoms with van der Waals surface area (Å²) in [4.78, 5) is 4.31. The molecular weight excluding hydrogens is 226 g/mol. The van der Waals surface area contributed by atoms with Crippen LogP contribution < -0.4 is 0 Å². The maximum Gasteiger partial charge on any atom is 0.208 e. The zero-order valence-corrected chi connectivity index (χ0v) is 10.7. The van der Waals surface area contributed by atoms with E-state index in [1.807, 2.05) is 6.92 Å². The second kappa shape index (κ2) is 4.78. The summed E-state index contributed by atoms with van der Waals surface area (Å²) in [5.74, 6) is 2.99. The Hall–Kier alpha value is -0.160. The van der Waals surface area contributed by atoms with Gasteiger partial charge < -0.3 is 0 Å². The Kier molecular flexibility index (Phi) is 3.61. The van der Waals surface area contributed by atoms with Crippen molar-refractivity contribution < 1.29 is 0 Å². The van der Waals surface area contributed by atoms with Gasteiger partial charge in [-0.3, -0.25) is 5.10 Å². The molecule has 1 N–H and O–H groups in total. The molecule has 2 rings (SSSR count). The molecule has 0 saturated heterocycles. The fourth-order valence-corrected chi connectivity index (χ4v) is 3.79. The van der Waals surface area contributed by atoms with Crippen molar-refractivity contribution in [2.45, 2.75) is 37.8 Å². The predicted octanol–water partition coefficient (Wildman–Crippen LogP) is 2.70. The first kappa shape index (κ1) is 11.3. The number of rotatable bonds is 4. The minimum atomic E-state index is 0.433. The number of nitrogens with one attached hydrogen (secondary N) is 1. The van der Waals surface area contributed by atoms with Crippen LogP contribution in [0.4, 0.5) is 0 Å². The van der Waals surface area contributed by atoms with Crippen LogP contribution in [-0.2, 0) is 0 Å². The van der Waals surface area contributed by atoms with Gasteiger partial charge in [0.1, 0.15) is 5.82 Å². The first-order valence-corrected chi connectivity index (χ1v) is 6.99. The highest BCUT2D eigenvalue weighted by atomic mass is 32.2. The molecular formula is C10H17N3S2. The van der Waals surface area contributed by atoms with Crippen molar-refractivity contribution in [3.8, 4) is 0 Å². The number of aryl methyl sites for hydroxylation is 1. The third-order valence-corrected chi connectivity index (χ3v) is 4.95. The molecule has 0 radical (unpaired) electrons. The Bertz CT molecular complexity index is 318. The molecule has 1 aliphatic carbocycles. The van der Waals surface area contributed by atoms with Crippen molar-refractivity contribution >= 4 is 24.4 Å². The highest BCUT2D eigenvalue weighted by Gasteiger charge is 2.32. The quantitative estimate of drug-likeness (QED) is 0.631. The smallest absolute Gasteiger partial charge is 0.208 e. The summed E-state index contributed by atoms with van der Waals surface area (Å²) in [6, 6.07) is 0. The molecule has 5 heteroatoms. The van der Waals surface area contributed by atoms with Crippen molar-refractivity contribution in [2.24, 2.45) is 5.41 Å². The molecule has 1 fully saturated rings. The van der Waals surface area contributed by atoms with E-state index in [2.05, 4.69) is 27.8 Å². The standard InChI is InChI=1S/C10H17N3S2/c1-8-11-9(13-12-8)15-7-10(6-14)4-2-3-5-10/h14H,2-7H2,1H3,(H,11,12,13). The molecule has 15 heavy (non-hydrogen) atoms. The molecule has 3 nitrogen and oxygen atoms in total. The van der Waals surface area contributed by atoms with Gasteiger partial charge in [-0.15, -0.1) is 5.10 Å². The van der Waals surface area contributed by atoms with Gasteiger partial charge in [0.15, 0.2) is 0 Å². The van der Waals surface area contributed by atoms with Gasteiger partial charge in [0.25, 0.3) is 0 Å². The lowest BCUT2D eigenvalue weighted by atomic mass is 9.91. The van der Waals surface area contributed by atoms with E-state index in [1.54, 1.807) is 11.8 Å². The molecule has 1 aromatic rings. The number of hydrogen-bond donors (Lipinski definition) is 2. The molecule has 0 aromatic carbocycles. The molecule has 0 atom stereocenters. The van der Waals surface area contributed by atoms with Crippen molar-refractivity contribution in [2.75, 3.05) is 11.5 Å². The molecule has 1 heterocycles. The average molecular weight is 243 g/mol. The Balaban J connectivity index is 1.91.